The van der Waals surface area contributed by atoms with Gasteiger partial charge in [-0.05, 0) is 24.1 Å². The average Bonchev–Trinajstić information content (AvgIpc) is 3.17. The second kappa shape index (κ2) is 8.06. The number of ether oxygens (including phenoxy) is 2. The summed E-state index contributed by atoms with van der Waals surface area (Å²) in [4.78, 5) is 19.0. The fourth-order valence-corrected chi connectivity index (χ4v) is 3.64. The minimum atomic E-state index is -0.380. The Hall–Kier alpha value is -2.44. The Bertz CT molecular complexity index is 748. The zero-order valence-corrected chi connectivity index (χ0v) is 15.4. The number of piperidine rings is 1. The summed E-state index contributed by atoms with van der Waals surface area (Å²) in [5, 5.41) is 2.95. The molecule has 27 heavy (non-hydrogen) atoms. The molecule has 2 aliphatic heterocycles. The van der Waals surface area contributed by atoms with E-state index in [2.05, 4.69) is 27.3 Å². The molecule has 4 rings (SSSR count). The fourth-order valence-electron chi connectivity index (χ4n) is 3.64. The number of carbonyl (C=O) groups is 1. The molecule has 0 aliphatic carbocycles. The number of hydrogen-bond acceptors (Lipinski definition) is 5. The summed E-state index contributed by atoms with van der Waals surface area (Å²) in [7, 11) is 0. The van der Waals surface area contributed by atoms with Crippen molar-refractivity contribution in [2.24, 2.45) is 0 Å². The minimum Gasteiger partial charge on any atom is -0.356 e. The number of nitrogens with zero attached hydrogens (tertiary/aromatic N) is 2. The van der Waals surface area contributed by atoms with Crippen LogP contribution in [0.1, 0.15) is 28.8 Å². The summed E-state index contributed by atoms with van der Waals surface area (Å²) in [6, 6.07) is 13.9. The van der Waals surface area contributed by atoms with Gasteiger partial charge >= 0.3 is 0 Å². The molecule has 6 heteroatoms. The number of rotatable bonds is 5. The first-order valence-electron chi connectivity index (χ1n) is 9.55. The minimum absolute atomic E-state index is 0.0877. The van der Waals surface area contributed by atoms with Gasteiger partial charge in [-0.1, -0.05) is 30.3 Å². The van der Waals surface area contributed by atoms with E-state index in [4.69, 9.17) is 9.47 Å². The molecule has 2 fully saturated rings. The molecular formula is C21H25N3O3. The summed E-state index contributed by atoms with van der Waals surface area (Å²) < 4.78 is 11.5. The molecule has 1 aromatic heterocycles. The topological polar surface area (TPSA) is 63.7 Å². The van der Waals surface area contributed by atoms with Crippen molar-refractivity contribution in [2.45, 2.75) is 25.0 Å². The predicted molar refractivity (Wildman–Crippen MR) is 103 cm³/mol. The van der Waals surface area contributed by atoms with Crippen LogP contribution in [0.15, 0.2) is 48.7 Å². The van der Waals surface area contributed by atoms with E-state index in [9.17, 15) is 4.79 Å². The van der Waals surface area contributed by atoms with Crippen LogP contribution in [0.25, 0.3) is 0 Å². The van der Waals surface area contributed by atoms with Crippen molar-refractivity contribution in [3.63, 3.8) is 0 Å². The maximum atomic E-state index is 12.3. The van der Waals surface area contributed by atoms with Gasteiger partial charge in [-0.2, -0.15) is 0 Å². The van der Waals surface area contributed by atoms with Crippen molar-refractivity contribution in [3.8, 4) is 0 Å². The summed E-state index contributed by atoms with van der Waals surface area (Å²) in [6.07, 6.45) is 4.16. The van der Waals surface area contributed by atoms with Gasteiger partial charge in [0.2, 0.25) is 0 Å². The molecule has 0 unspecified atom stereocenters. The van der Waals surface area contributed by atoms with E-state index in [0.717, 1.165) is 38.2 Å². The van der Waals surface area contributed by atoms with Gasteiger partial charge in [0.25, 0.3) is 5.91 Å². The second-order valence-electron chi connectivity index (χ2n) is 6.99. The van der Waals surface area contributed by atoms with Gasteiger partial charge in [-0.15, -0.1) is 0 Å². The largest absolute Gasteiger partial charge is 0.356 e. The summed E-state index contributed by atoms with van der Waals surface area (Å²) in [5.74, 6) is 0.425. The SMILES string of the molecule is O=C(NCCc1ccccc1)c1ccc(N2CCC3(CC2)OCCO3)nc1. The molecule has 6 nitrogen and oxygen atoms in total. The lowest BCUT2D eigenvalue weighted by molar-refractivity contribution is -0.169. The third-order valence-electron chi connectivity index (χ3n) is 5.21. The summed E-state index contributed by atoms with van der Waals surface area (Å²) in [6.45, 7) is 3.67. The van der Waals surface area contributed by atoms with Crippen LogP contribution in [0, 0.1) is 0 Å². The fraction of sp³-hybridized carbons (Fsp3) is 0.429. The number of benzene rings is 1. The quantitative estimate of drug-likeness (QED) is 0.879. The molecule has 1 spiro atoms. The Morgan fingerprint density at radius 1 is 1.07 bits per heavy atom. The van der Waals surface area contributed by atoms with Gasteiger partial charge < -0.3 is 19.7 Å². The monoisotopic (exact) mass is 367 g/mol. The molecule has 2 aliphatic rings. The smallest absolute Gasteiger partial charge is 0.252 e. The molecule has 0 bridgehead atoms. The molecular weight excluding hydrogens is 342 g/mol. The standard InChI is InChI=1S/C21H25N3O3/c25-20(22-11-8-17-4-2-1-3-5-17)18-6-7-19(23-16-18)24-12-9-21(10-13-24)26-14-15-27-21/h1-7,16H,8-15H2,(H,22,25). The number of anilines is 1. The highest BCUT2D eigenvalue weighted by Crippen LogP contribution is 2.32. The lowest BCUT2D eigenvalue weighted by atomic mass is 10.0. The van der Waals surface area contributed by atoms with E-state index in [1.807, 2.05) is 30.3 Å². The van der Waals surface area contributed by atoms with Crippen molar-refractivity contribution in [2.75, 3.05) is 37.7 Å². The zero-order valence-electron chi connectivity index (χ0n) is 15.4. The van der Waals surface area contributed by atoms with Crippen LogP contribution in [0.3, 0.4) is 0 Å². The van der Waals surface area contributed by atoms with Gasteiger partial charge in [0.05, 0.1) is 18.8 Å². The predicted octanol–water partition coefficient (Wildman–Crippen LogP) is 2.40. The molecule has 2 saturated heterocycles. The van der Waals surface area contributed by atoms with E-state index in [1.54, 1.807) is 6.20 Å². The lowest BCUT2D eigenvalue weighted by Gasteiger charge is -2.38. The van der Waals surface area contributed by atoms with Crippen LogP contribution >= 0.6 is 0 Å². The average molecular weight is 367 g/mol. The van der Waals surface area contributed by atoms with Crippen LogP contribution in [0.5, 0.6) is 0 Å². The van der Waals surface area contributed by atoms with E-state index in [0.29, 0.717) is 25.3 Å². The number of carbonyl (C=O) groups excluding carboxylic acids is 1. The maximum Gasteiger partial charge on any atom is 0.252 e. The lowest BCUT2D eigenvalue weighted by Crippen LogP contribution is -2.45. The van der Waals surface area contributed by atoms with E-state index in [1.165, 1.54) is 5.56 Å². The molecule has 1 amide bonds. The first-order valence-corrected chi connectivity index (χ1v) is 9.55. The van der Waals surface area contributed by atoms with Gasteiger partial charge in [0.15, 0.2) is 5.79 Å². The first-order chi connectivity index (χ1) is 13.2. The van der Waals surface area contributed by atoms with Crippen LogP contribution in [0.4, 0.5) is 5.82 Å². The number of nitrogens with one attached hydrogen (secondary N) is 1. The highest BCUT2D eigenvalue weighted by molar-refractivity contribution is 5.94. The van der Waals surface area contributed by atoms with Crippen molar-refractivity contribution in [1.29, 1.82) is 0 Å². The van der Waals surface area contributed by atoms with Crippen molar-refractivity contribution in [3.05, 3.63) is 59.8 Å². The van der Waals surface area contributed by atoms with E-state index in [-0.39, 0.29) is 11.7 Å². The van der Waals surface area contributed by atoms with Crippen molar-refractivity contribution >= 4 is 11.7 Å². The maximum absolute atomic E-state index is 12.3. The molecule has 2 aromatic rings. The molecule has 3 heterocycles. The van der Waals surface area contributed by atoms with Crippen LogP contribution in [-0.4, -0.2) is 49.5 Å². The Kier molecular flexibility index (Phi) is 5.36. The zero-order chi connectivity index (χ0) is 18.5. The van der Waals surface area contributed by atoms with Crippen LogP contribution in [0.2, 0.25) is 0 Å². The second-order valence-corrected chi connectivity index (χ2v) is 6.99. The van der Waals surface area contributed by atoms with Gasteiger partial charge in [-0.25, -0.2) is 4.98 Å². The molecule has 1 N–H and O–H groups in total. The number of pyridine rings is 1. The van der Waals surface area contributed by atoms with Crippen LogP contribution in [-0.2, 0) is 15.9 Å². The van der Waals surface area contributed by atoms with Gasteiger partial charge in [0.1, 0.15) is 5.82 Å². The van der Waals surface area contributed by atoms with Gasteiger partial charge in [-0.3, -0.25) is 4.79 Å². The Labute approximate surface area is 159 Å². The number of aromatic nitrogens is 1. The van der Waals surface area contributed by atoms with Crippen molar-refractivity contribution in [1.82, 2.24) is 10.3 Å². The third-order valence-corrected chi connectivity index (χ3v) is 5.21. The third kappa shape index (κ3) is 4.28. The molecule has 0 atom stereocenters. The Morgan fingerprint density at radius 3 is 2.48 bits per heavy atom. The highest BCUT2D eigenvalue weighted by atomic mass is 16.7. The Morgan fingerprint density at radius 2 is 1.81 bits per heavy atom. The Balaban J connectivity index is 1.27. The normalized spacial score (nSPS) is 18.6. The van der Waals surface area contributed by atoms with Crippen LogP contribution < -0.4 is 10.2 Å². The molecule has 0 radical (unpaired) electrons. The van der Waals surface area contributed by atoms with E-state index >= 15 is 0 Å². The number of amides is 1. The molecule has 0 saturated carbocycles. The number of hydrogen-bond donors (Lipinski definition) is 1. The first kappa shape index (κ1) is 17.9. The van der Waals surface area contributed by atoms with Gasteiger partial charge in [0, 0.05) is 38.7 Å². The highest BCUT2D eigenvalue weighted by Gasteiger charge is 2.39. The molecule has 1 aromatic carbocycles. The van der Waals surface area contributed by atoms with Crippen molar-refractivity contribution < 1.29 is 14.3 Å². The summed E-state index contributed by atoms with van der Waals surface area (Å²) in [5.41, 5.74) is 1.80. The van der Waals surface area contributed by atoms with E-state index < -0.39 is 0 Å². The molecule has 142 valence electrons. The summed E-state index contributed by atoms with van der Waals surface area (Å²) >= 11 is 0.